The molecule has 0 aromatic carbocycles. The first-order valence-electron chi connectivity index (χ1n) is 5.73. The molecule has 0 saturated heterocycles. The summed E-state index contributed by atoms with van der Waals surface area (Å²) in [5, 5.41) is 0. The summed E-state index contributed by atoms with van der Waals surface area (Å²) in [6, 6.07) is 0.374. The van der Waals surface area contributed by atoms with E-state index in [1.54, 1.807) is 0 Å². The summed E-state index contributed by atoms with van der Waals surface area (Å²) < 4.78 is 83.3. The smallest absolute Gasteiger partial charge is 0.461 e. The summed E-state index contributed by atoms with van der Waals surface area (Å²) in [7, 11) is 0. The normalized spacial score (nSPS) is 12.2. The molecule has 0 bridgehead atoms. The van der Waals surface area contributed by atoms with Gasteiger partial charge in [0.2, 0.25) is 5.88 Å². The maximum Gasteiger partial charge on any atom is 0.574 e. The topological polar surface area (TPSA) is 74.4 Å². The first kappa shape index (κ1) is 18.0. The van der Waals surface area contributed by atoms with Crippen molar-refractivity contribution in [3.05, 3.63) is 22.9 Å². The molecule has 0 unspecified atom stereocenters. The van der Waals surface area contributed by atoms with Crippen LogP contribution in [-0.2, 0) is 17.5 Å². The van der Waals surface area contributed by atoms with Crippen LogP contribution >= 0.6 is 0 Å². The molecule has 0 atom stereocenters. The SMILES string of the molecule is CCOC(=O)c1nc(OC(F)(F)F)cc(CN)c1C(F)(F)F. The molecule has 0 fully saturated rings. The van der Waals surface area contributed by atoms with Crippen molar-refractivity contribution < 1.29 is 40.6 Å². The minimum Gasteiger partial charge on any atom is -0.461 e. The van der Waals surface area contributed by atoms with Crippen LogP contribution in [0.25, 0.3) is 0 Å². The van der Waals surface area contributed by atoms with Crippen molar-refractivity contribution >= 4 is 5.97 Å². The van der Waals surface area contributed by atoms with Crippen molar-refractivity contribution in [1.29, 1.82) is 0 Å². The molecule has 22 heavy (non-hydrogen) atoms. The Morgan fingerprint density at radius 3 is 2.27 bits per heavy atom. The second-order valence-electron chi connectivity index (χ2n) is 3.81. The molecule has 0 aliphatic heterocycles. The Balaban J connectivity index is 3.52. The van der Waals surface area contributed by atoms with Gasteiger partial charge in [0.25, 0.3) is 0 Å². The number of ether oxygens (including phenoxy) is 2. The number of pyridine rings is 1. The number of nitrogens with two attached hydrogens (primary N) is 1. The second kappa shape index (κ2) is 6.38. The van der Waals surface area contributed by atoms with Gasteiger partial charge in [-0.25, -0.2) is 9.78 Å². The van der Waals surface area contributed by atoms with Gasteiger partial charge in [0.05, 0.1) is 12.2 Å². The lowest BCUT2D eigenvalue weighted by Gasteiger charge is -2.17. The largest absolute Gasteiger partial charge is 0.574 e. The van der Waals surface area contributed by atoms with Gasteiger partial charge in [0, 0.05) is 12.6 Å². The first-order valence-corrected chi connectivity index (χ1v) is 5.73. The molecule has 124 valence electrons. The molecule has 0 radical (unpaired) electrons. The highest BCUT2D eigenvalue weighted by Gasteiger charge is 2.41. The summed E-state index contributed by atoms with van der Waals surface area (Å²) in [5.41, 5.74) is 1.44. The van der Waals surface area contributed by atoms with Crippen molar-refractivity contribution in [2.24, 2.45) is 5.73 Å². The molecule has 1 heterocycles. The number of alkyl halides is 6. The van der Waals surface area contributed by atoms with Crippen LogP contribution in [-0.4, -0.2) is 23.9 Å². The van der Waals surface area contributed by atoms with Gasteiger partial charge in [-0.05, 0) is 12.5 Å². The number of halogens is 6. The van der Waals surface area contributed by atoms with Crippen LogP contribution in [0.1, 0.15) is 28.5 Å². The van der Waals surface area contributed by atoms with Gasteiger partial charge in [-0.2, -0.15) is 13.2 Å². The van der Waals surface area contributed by atoms with Gasteiger partial charge in [-0.1, -0.05) is 0 Å². The summed E-state index contributed by atoms with van der Waals surface area (Å²) in [6.45, 7) is 0.239. The Labute approximate surface area is 120 Å². The van der Waals surface area contributed by atoms with Gasteiger partial charge in [0.15, 0.2) is 5.69 Å². The summed E-state index contributed by atoms with van der Waals surface area (Å²) >= 11 is 0. The van der Waals surface area contributed by atoms with E-state index in [0.29, 0.717) is 6.07 Å². The van der Waals surface area contributed by atoms with E-state index in [1.807, 2.05) is 0 Å². The van der Waals surface area contributed by atoms with E-state index < -0.39 is 47.8 Å². The molecular formula is C11H10F6N2O3. The van der Waals surface area contributed by atoms with E-state index in [0.717, 1.165) is 0 Å². The molecule has 11 heteroatoms. The first-order chi connectivity index (χ1) is 9.99. The lowest BCUT2D eigenvalue weighted by molar-refractivity contribution is -0.276. The van der Waals surface area contributed by atoms with Crippen molar-refractivity contribution in [3.63, 3.8) is 0 Å². The Kier molecular flexibility index (Phi) is 5.22. The average Bonchev–Trinajstić information content (AvgIpc) is 2.34. The molecule has 1 aromatic heterocycles. The predicted octanol–water partition coefficient (Wildman–Crippen LogP) is 2.63. The molecule has 0 spiro atoms. The van der Waals surface area contributed by atoms with Crippen molar-refractivity contribution in [2.45, 2.75) is 26.0 Å². The standard InChI is InChI=1S/C11H10F6N2O3/c1-2-21-9(20)8-7(10(12,13)14)5(4-18)3-6(19-8)22-11(15,16)17/h3H,2,4,18H2,1H3. The second-order valence-corrected chi connectivity index (χ2v) is 3.81. The third-order valence-electron chi connectivity index (χ3n) is 2.27. The van der Waals surface area contributed by atoms with Crippen LogP contribution in [0.2, 0.25) is 0 Å². The van der Waals surface area contributed by atoms with Crippen LogP contribution < -0.4 is 10.5 Å². The Hall–Kier alpha value is -2.04. The highest BCUT2D eigenvalue weighted by molar-refractivity contribution is 5.89. The maximum absolute atomic E-state index is 13.0. The van der Waals surface area contributed by atoms with Crippen LogP contribution in [0.3, 0.4) is 0 Å². The Morgan fingerprint density at radius 1 is 1.27 bits per heavy atom. The lowest BCUT2D eigenvalue weighted by Crippen LogP contribution is -2.24. The molecule has 1 rings (SSSR count). The molecule has 0 aliphatic rings. The van der Waals surface area contributed by atoms with Crippen LogP contribution in [0.4, 0.5) is 26.3 Å². The molecule has 0 aliphatic carbocycles. The van der Waals surface area contributed by atoms with Crippen LogP contribution in [0.15, 0.2) is 6.07 Å². The van der Waals surface area contributed by atoms with E-state index >= 15 is 0 Å². The van der Waals surface area contributed by atoms with Crippen molar-refractivity contribution in [2.75, 3.05) is 6.61 Å². The van der Waals surface area contributed by atoms with E-state index in [-0.39, 0.29) is 6.61 Å². The van der Waals surface area contributed by atoms with Crippen molar-refractivity contribution in [1.82, 2.24) is 4.98 Å². The molecule has 1 aromatic rings. The quantitative estimate of drug-likeness (QED) is 0.678. The number of aromatic nitrogens is 1. The van der Waals surface area contributed by atoms with E-state index in [9.17, 15) is 31.1 Å². The fraction of sp³-hybridized carbons (Fsp3) is 0.455. The minimum absolute atomic E-state index is 0.292. The predicted molar refractivity (Wildman–Crippen MR) is 59.8 cm³/mol. The Morgan fingerprint density at radius 2 is 1.86 bits per heavy atom. The molecule has 0 saturated carbocycles. The monoisotopic (exact) mass is 332 g/mol. The lowest BCUT2D eigenvalue weighted by atomic mass is 10.1. The highest BCUT2D eigenvalue weighted by Crippen LogP contribution is 2.36. The van der Waals surface area contributed by atoms with E-state index in [2.05, 4.69) is 14.5 Å². The van der Waals surface area contributed by atoms with Crippen LogP contribution in [0.5, 0.6) is 5.88 Å². The zero-order chi connectivity index (χ0) is 17.1. The van der Waals surface area contributed by atoms with E-state index in [4.69, 9.17) is 5.73 Å². The summed E-state index contributed by atoms with van der Waals surface area (Å²) in [6.07, 6.45) is -10.2. The van der Waals surface area contributed by atoms with Gasteiger partial charge in [-0.3, -0.25) is 0 Å². The summed E-state index contributed by atoms with van der Waals surface area (Å²) in [5.74, 6) is -2.76. The maximum atomic E-state index is 13.0. The molecule has 5 nitrogen and oxygen atoms in total. The summed E-state index contributed by atoms with van der Waals surface area (Å²) in [4.78, 5) is 14.5. The zero-order valence-corrected chi connectivity index (χ0v) is 11.0. The van der Waals surface area contributed by atoms with Gasteiger partial charge >= 0.3 is 18.5 Å². The zero-order valence-electron chi connectivity index (χ0n) is 11.0. The third kappa shape index (κ3) is 4.48. The van der Waals surface area contributed by atoms with Gasteiger partial charge in [0.1, 0.15) is 0 Å². The minimum atomic E-state index is -5.19. The van der Waals surface area contributed by atoms with Crippen LogP contribution in [0, 0.1) is 0 Å². The van der Waals surface area contributed by atoms with Gasteiger partial charge < -0.3 is 15.2 Å². The molecule has 2 N–H and O–H groups in total. The number of carbonyl (C=O) groups is 1. The molecular weight excluding hydrogens is 322 g/mol. The number of esters is 1. The average molecular weight is 332 g/mol. The number of nitrogens with zero attached hydrogens (tertiary/aromatic N) is 1. The Bertz CT molecular complexity index is 556. The number of hydrogen-bond acceptors (Lipinski definition) is 5. The van der Waals surface area contributed by atoms with Gasteiger partial charge in [-0.15, -0.1) is 13.2 Å². The van der Waals surface area contributed by atoms with Crippen molar-refractivity contribution in [3.8, 4) is 5.88 Å². The highest BCUT2D eigenvalue weighted by atomic mass is 19.4. The fourth-order valence-electron chi connectivity index (χ4n) is 1.57. The fourth-order valence-corrected chi connectivity index (χ4v) is 1.57. The number of hydrogen-bond donors (Lipinski definition) is 1. The van der Waals surface area contributed by atoms with E-state index in [1.165, 1.54) is 6.92 Å². The molecule has 0 amide bonds. The number of rotatable bonds is 4. The third-order valence-corrected chi connectivity index (χ3v) is 2.27. The number of carbonyl (C=O) groups excluding carboxylic acids is 1.